The van der Waals surface area contributed by atoms with Crippen molar-refractivity contribution in [1.29, 1.82) is 0 Å². The molecule has 5 aromatic rings. The SMILES string of the molecule is CCC(Sc1cccc(NC(=O)/C(=C\c2cccc3ccccc23)NC(=O)c2ccccc2)c1)C(=O)Nc1ccc(OC)cc1. The Morgan fingerprint density at radius 2 is 1.49 bits per heavy atom. The third-order valence-electron chi connectivity index (χ3n) is 7.04. The van der Waals surface area contributed by atoms with E-state index in [0.717, 1.165) is 21.2 Å². The molecule has 3 amide bonds. The maximum Gasteiger partial charge on any atom is 0.272 e. The highest BCUT2D eigenvalue weighted by atomic mass is 32.2. The van der Waals surface area contributed by atoms with Crippen molar-refractivity contribution in [2.75, 3.05) is 17.7 Å². The van der Waals surface area contributed by atoms with Crippen LogP contribution in [-0.4, -0.2) is 30.1 Å². The van der Waals surface area contributed by atoms with Crippen LogP contribution < -0.4 is 20.7 Å². The van der Waals surface area contributed by atoms with Crippen molar-refractivity contribution in [2.24, 2.45) is 0 Å². The van der Waals surface area contributed by atoms with Gasteiger partial charge in [0, 0.05) is 21.8 Å². The lowest BCUT2D eigenvalue weighted by Gasteiger charge is -2.16. The Labute approximate surface area is 266 Å². The first kappa shape index (κ1) is 31.1. The molecule has 0 aliphatic heterocycles. The second kappa shape index (κ2) is 14.9. The van der Waals surface area contributed by atoms with E-state index in [4.69, 9.17) is 4.74 Å². The molecule has 0 aliphatic rings. The molecule has 45 heavy (non-hydrogen) atoms. The summed E-state index contributed by atoms with van der Waals surface area (Å²) in [4.78, 5) is 40.7. The number of carbonyl (C=O) groups is 3. The lowest BCUT2D eigenvalue weighted by Crippen LogP contribution is -2.30. The number of nitrogens with one attached hydrogen (secondary N) is 3. The molecular formula is C37H33N3O4S. The number of benzene rings is 5. The van der Waals surface area contributed by atoms with Gasteiger partial charge in [-0.25, -0.2) is 0 Å². The predicted octanol–water partition coefficient (Wildman–Crippen LogP) is 7.77. The van der Waals surface area contributed by atoms with E-state index in [2.05, 4.69) is 16.0 Å². The van der Waals surface area contributed by atoms with Crippen LogP contribution in [0.5, 0.6) is 5.75 Å². The van der Waals surface area contributed by atoms with Gasteiger partial charge in [-0.3, -0.25) is 14.4 Å². The first-order valence-corrected chi connectivity index (χ1v) is 15.4. The van der Waals surface area contributed by atoms with E-state index in [1.54, 1.807) is 67.8 Å². The van der Waals surface area contributed by atoms with Crippen molar-refractivity contribution >= 4 is 57.7 Å². The summed E-state index contributed by atoms with van der Waals surface area (Å²) in [6.45, 7) is 1.96. The van der Waals surface area contributed by atoms with Crippen molar-refractivity contribution in [3.8, 4) is 5.75 Å². The predicted molar refractivity (Wildman–Crippen MR) is 182 cm³/mol. The molecule has 1 atom stereocenters. The van der Waals surface area contributed by atoms with Crippen LogP contribution >= 0.6 is 11.8 Å². The van der Waals surface area contributed by atoms with Gasteiger partial charge in [0.05, 0.1) is 12.4 Å². The van der Waals surface area contributed by atoms with Gasteiger partial charge in [-0.05, 0) is 83.4 Å². The summed E-state index contributed by atoms with van der Waals surface area (Å²) in [5.41, 5.74) is 2.55. The van der Waals surface area contributed by atoms with Crippen LogP contribution in [0.3, 0.4) is 0 Å². The standard InChI is InChI=1S/C37H33N3O4S/c1-3-34(37(43)38-28-19-21-30(44-2)22-20-28)45-31-17-10-16-29(24-31)39-36(42)33(40-35(41)26-12-5-4-6-13-26)23-27-15-9-14-25-11-7-8-18-32(25)27/h4-24,34H,3H2,1-2H3,(H,38,43)(H,39,42)(H,40,41)/b33-23+. The van der Waals surface area contributed by atoms with Crippen LogP contribution in [0.1, 0.15) is 29.3 Å². The fourth-order valence-corrected chi connectivity index (χ4v) is 5.72. The van der Waals surface area contributed by atoms with Gasteiger partial charge in [0.1, 0.15) is 11.4 Å². The number of ether oxygens (including phenoxy) is 1. The quantitative estimate of drug-likeness (QED) is 0.104. The van der Waals surface area contributed by atoms with Crippen LogP contribution in [-0.2, 0) is 9.59 Å². The molecule has 7 nitrogen and oxygen atoms in total. The van der Waals surface area contributed by atoms with Gasteiger partial charge >= 0.3 is 0 Å². The van der Waals surface area contributed by atoms with E-state index in [1.807, 2.05) is 73.7 Å². The summed E-state index contributed by atoms with van der Waals surface area (Å²) in [5, 5.41) is 10.3. The Bertz CT molecular complexity index is 1830. The van der Waals surface area contributed by atoms with E-state index in [9.17, 15) is 14.4 Å². The van der Waals surface area contributed by atoms with E-state index >= 15 is 0 Å². The fourth-order valence-electron chi connectivity index (χ4n) is 4.70. The molecule has 0 heterocycles. The van der Waals surface area contributed by atoms with Gasteiger partial charge in [0.25, 0.3) is 11.8 Å². The largest absolute Gasteiger partial charge is 0.497 e. The van der Waals surface area contributed by atoms with E-state index < -0.39 is 11.8 Å². The molecule has 0 spiro atoms. The highest BCUT2D eigenvalue weighted by Crippen LogP contribution is 2.29. The van der Waals surface area contributed by atoms with Crippen molar-refractivity contribution in [2.45, 2.75) is 23.5 Å². The smallest absolute Gasteiger partial charge is 0.272 e. The molecule has 3 N–H and O–H groups in total. The lowest BCUT2D eigenvalue weighted by atomic mass is 10.0. The molecule has 8 heteroatoms. The Balaban J connectivity index is 1.35. The molecule has 0 saturated heterocycles. The number of rotatable bonds is 11. The second-order valence-electron chi connectivity index (χ2n) is 10.2. The molecule has 0 aromatic heterocycles. The van der Waals surface area contributed by atoms with Crippen LogP contribution in [0.4, 0.5) is 11.4 Å². The lowest BCUT2D eigenvalue weighted by molar-refractivity contribution is -0.116. The Hall–Kier alpha value is -5.34. The first-order chi connectivity index (χ1) is 21.9. The van der Waals surface area contributed by atoms with Gasteiger partial charge < -0.3 is 20.7 Å². The summed E-state index contributed by atoms with van der Waals surface area (Å²) >= 11 is 1.41. The summed E-state index contributed by atoms with van der Waals surface area (Å²) in [7, 11) is 1.59. The Morgan fingerprint density at radius 1 is 0.778 bits per heavy atom. The molecular weight excluding hydrogens is 582 g/mol. The molecule has 5 rings (SSSR count). The molecule has 1 unspecified atom stereocenters. The number of anilines is 2. The second-order valence-corrected chi connectivity index (χ2v) is 11.4. The molecule has 0 radical (unpaired) electrons. The number of methoxy groups -OCH3 is 1. The van der Waals surface area contributed by atoms with Gasteiger partial charge in [-0.1, -0.05) is 73.7 Å². The Kier molecular flexibility index (Phi) is 10.3. The number of carbonyl (C=O) groups excluding carboxylic acids is 3. The number of thioether (sulfide) groups is 1. The van der Waals surface area contributed by atoms with Gasteiger partial charge in [0.2, 0.25) is 5.91 Å². The van der Waals surface area contributed by atoms with Crippen molar-refractivity contribution < 1.29 is 19.1 Å². The third kappa shape index (κ3) is 8.19. The van der Waals surface area contributed by atoms with Crippen molar-refractivity contribution in [1.82, 2.24) is 5.32 Å². The zero-order chi connectivity index (χ0) is 31.6. The molecule has 5 aromatic carbocycles. The zero-order valence-corrected chi connectivity index (χ0v) is 25.8. The van der Waals surface area contributed by atoms with Crippen molar-refractivity contribution in [3.63, 3.8) is 0 Å². The van der Waals surface area contributed by atoms with Crippen molar-refractivity contribution in [3.05, 3.63) is 138 Å². The minimum absolute atomic E-state index is 0.101. The molecule has 0 aliphatic carbocycles. The highest BCUT2D eigenvalue weighted by Gasteiger charge is 2.20. The van der Waals surface area contributed by atoms with Crippen LogP contribution in [0.15, 0.2) is 132 Å². The van der Waals surface area contributed by atoms with Gasteiger partial charge in [0.15, 0.2) is 0 Å². The summed E-state index contributed by atoms with van der Waals surface area (Å²) in [5.74, 6) is -0.275. The summed E-state index contributed by atoms with van der Waals surface area (Å²) in [6, 6.07) is 36.9. The topological polar surface area (TPSA) is 96.5 Å². The van der Waals surface area contributed by atoms with E-state index in [-0.39, 0.29) is 16.9 Å². The number of fused-ring (bicyclic) bond motifs is 1. The third-order valence-corrected chi connectivity index (χ3v) is 8.40. The maximum absolute atomic E-state index is 13.7. The van der Waals surface area contributed by atoms with Gasteiger partial charge in [-0.15, -0.1) is 11.8 Å². The Morgan fingerprint density at radius 3 is 2.24 bits per heavy atom. The fraction of sp³-hybridized carbons (Fsp3) is 0.108. The minimum Gasteiger partial charge on any atom is -0.497 e. The van der Waals surface area contributed by atoms with Gasteiger partial charge in [-0.2, -0.15) is 0 Å². The summed E-state index contributed by atoms with van der Waals surface area (Å²) < 4.78 is 5.19. The zero-order valence-electron chi connectivity index (χ0n) is 25.0. The monoisotopic (exact) mass is 615 g/mol. The summed E-state index contributed by atoms with van der Waals surface area (Å²) in [6.07, 6.45) is 2.29. The average Bonchev–Trinajstić information content (AvgIpc) is 3.07. The average molecular weight is 616 g/mol. The maximum atomic E-state index is 13.7. The van der Waals surface area contributed by atoms with E-state index in [0.29, 0.717) is 29.1 Å². The van der Waals surface area contributed by atoms with Crippen LogP contribution in [0.2, 0.25) is 0 Å². The number of hydrogen-bond acceptors (Lipinski definition) is 5. The molecule has 226 valence electrons. The first-order valence-electron chi connectivity index (χ1n) is 14.5. The number of amides is 3. The molecule has 0 fully saturated rings. The highest BCUT2D eigenvalue weighted by molar-refractivity contribution is 8.00. The number of hydrogen-bond donors (Lipinski definition) is 3. The van der Waals surface area contributed by atoms with Crippen LogP contribution in [0, 0.1) is 0 Å². The van der Waals surface area contributed by atoms with Crippen LogP contribution in [0.25, 0.3) is 16.8 Å². The molecule has 0 saturated carbocycles. The molecule has 0 bridgehead atoms. The van der Waals surface area contributed by atoms with E-state index in [1.165, 1.54) is 11.8 Å². The normalized spacial score (nSPS) is 11.8. The minimum atomic E-state index is -0.473.